The van der Waals surface area contributed by atoms with Gasteiger partial charge in [-0.05, 0) is 37.5 Å². The molecule has 0 heterocycles. The van der Waals surface area contributed by atoms with Gasteiger partial charge in [0.25, 0.3) is 0 Å². The van der Waals surface area contributed by atoms with Crippen molar-refractivity contribution in [2.45, 2.75) is 24.8 Å². The second-order valence-electron chi connectivity index (χ2n) is 4.92. The van der Waals surface area contributed by atoms with E-state index in [0.29, 0.717) is 24.2 Å². The Morgan fingerprint density at radius 3 is 2.47 bits per heavy atom. The summed E-state index contributed by atoms with van der Waals surface area (Å²) in [6.07, 6.45) is 3.39. The molecule has 4 N–H and O–H groups in total. The number of hydrogen-bond donors (Lipinski definition) is 3. The number of amides is 1. The van der Waals surface area contributed by atoms with Crippen molar-refractivity contribution in [3.8, 4) is 0 Å². The highest BCUT2D eigenvalue weighted by Crippen LogP contribution is 2.30. The minimum atomic E-state index is -3.33. The average Bonchev–Trinajstić information content (AvgIpc) is 2.23. The van der Waals surface area contributed by atoms with E-state index in [1.54, 1.807) is 24.3 Å². The third-order valence-corrected chi connectivity index (χ3v) is 3.73. The molecule has 1 aliphatic rings. The van der Waals surface area contributed by atoms with Crippen LogP contribution in [0, 0.1) is 0 Å². The van der Waals surface area contributed by atoms with Crippen molar-refractivity contribution in [2.75, 3.05) is 16.3 Å². The minimum absolute atomic E-state index is 0.227. The number of anilines is 2. The number of carbonyl (C=O) groups excluding carboxylic acids is 1. The van der Waals surface area contributed by atoms with Crippen LogP contribution in [0.2, 0.25) is 0 Å². The smallest absolute Gasteiger partial charge is 0.244 e. The van der Waals surface area contributed by atoms with Gasteiger partial charge in [-0.1, -0.05) is 6.07 Å². The molecule has 7 heteroatoms. The lowest BCUT2D eigenvalue weighted by Gasteiger charge is -2.36. The summed E-state index contributed by atoms with van der Waals surface area (Å²) in [7, 11) is -3.33. The van der Waals surface area contributed by atoms with Crippen LogP contribution in [0.25, 0.3) is 0 Å². The number of sulfonamides is 1. The molecule has 1 aromatic carbocycles. The van der Waals surface area contributed by atoms with E-state index in [0.717, 1.165) is 12.7 Å². The van der Waals surface area contributed by atoms with Crippen molar-refractivity contribution in [3.63, 3.8) is 0 Å². The van der Waals surface area contributed by atoms with Gasteiger partial charge < -0.3 is 11.1 Å². The van der Waals surface area contributed by atoms with Crippen LogP contribution in [0.1, 0.15) is 19.3 Å². The van der Waals surface area contributed by atoms with Crippen LogP contribution < -0.4 is 15.8 Å². The summed E-state index contributed by atoms with van der Waals surface area (Å²) in [4.78, 5) is 11.9. The summed E-state index contributed by atoms with van der Waals surface area (Å²) in [5.74, 6) is -0.227. The largest absolute Gasteiger partial charge is 0.324 e. The Morgan fingerprint density at radius 1 is 1.32 bits per heavy atom. The average molecular weight is 283 g/mol. The first-order valence-corrected chi connectivity index (χ1v) is 7.86. The molecule has 1 saturated carbocycles. The molecule has 0 bridgehead atoms. The van der Waals surface area contributed by atoms with Crippen molar-refractivity contribution in [1.29, 1.82) is 0 Å². The van der Waals surface area contributed by atoms with Gasteiger partial charge in [-0.15, -0.1) is 0 Å². The third-order valence-electron chi connectivity index (χ3n) is 3.12. The maximum absolute atomic E-state index is 11.9. The highest BCUT2D eigenvalue weighted by atomic mass is 32.2. The number of benzene rings is 1. The van der Waals surface area contributed by atoms with Crippen molar-refractivity contribution in [3.05, 3.63) is 24.3 Å². The Bertz CT molecular complexity index is 594. The number of carbonyl (C=O) groups is 1. The van der Waals surface area contributed by atoms with E-state index >= 15 is 0 Å². The van der Waals surface area contributed by atoms with Crippen LogP contribution >= 0.6 is 0 Å². The lowest BCUT2D eigenvalue weighted by Crippen LogP contribution is -2.56. The SMILES string of the molecule is CS(=O)(=O)Nc1cccc(NC(=O)C2(N)CCC2)c1. The van der Waals surface area contributed by atoms with Gasteiger partial charge in [0.05, 0.1) is 17.5 Å². The molecule has 1 aliphatic carbocycles. The van der Waals surface area contributed by atoms with Gasteiger partial charge in [0.1, 0.15) is 0 Å². The van der Waals surface area contributed by atoms with Crippen LogP contribution in [0.15, 0.2) is 24.3 Å². The number of nitrogens with one attached hydrogen (secondary N) is 2. The highest BCUT2D eigenvalue weighted by molar-refractivity contribution is 7.92. The van der Waals surface area contributed by atoms with Crippen LogP contribution in [0.5, 0.6) is 0 Å². The molecule has 0 saturated heterocycles. The zero-order chi connectivity index (χ0) is 14.1. The number of nitrogens with two attached hydrogens (primary N) is 1. The second-order valence-corrected chi connectivity index (χ2v) is 6.67. The molecule has 2 rings (SSSR count). The van der Waals surface area contributed by atoms with Gasteiger partial charge in [0.15, 0.2) is 0 Å². The summed E-state index contributed by atoms with van der Waals surface area (Å²) >= 11 is 0. The fourth-order valence-electron chi connectivity index (χ4n) is 1.91. The summed E-state index contributed by atoms with van der Waals surface area (Å²) in [6.45, 7) is 0. The number of rotatable bonds is 4. The fourth-order valence-corrected chi connectivity index (χ4v) is 2.47. The maximum Gasteiger partial charge on any atom is 0.244 e. The van der Waals surface area contributed by atoms with E-state index in [9.17, 15) is 13.2 Å². The Balaban J connectivity index is 2.09. The van der Waals surface area contributed by atoms with Crippen LogP contribution in [0.3, 0.4) is 0 Å². The Kier molecular flexibility index (Phi) is 3.51. The van der Waals surface area contributed by atoms with Gasteiger partial charge >= 0.3 is 0 Å². The highest BCUT2D eigenvalue weighted by Gasteiger charge is 2.40. The molecule has 1 amide bonds. The minimum Gasteiger partial charge on any atom is -0.324 e. The van der Waals surface area contributed by atoms with Gasteiger partial charge in [0.2, 0.25) is 15.9 Å². The van der Waals surface area contributed by atoms with E-state index in [2.05, 4.69) is 10.0 Å². The summed E-state index contributed by atoms with van der Waals surface area (Å²) in [5.41, 5.74) is 6.06. The molecule has 0 aliphatic heterocycles. The van der Waals surface area contributed by atoms with Gasteiger partial charge in [-0.2, -0.15) is 0 Å². The van der Waals surface area contributed by atoms with E-state index in [-0.39, 0.29) is 5.91 Å². The normalized spacial score (nSPS) is 17.4. The van der Waals surface area contributed by atoms with Crippen molar-refractivity contribution in [1.82, 2.24) is 0 Å². The first-order valence-electron chi connectivity index (χ1n) is 5.97. The molecule has 1 fully saturated rings. The lowest BCUT2D eigenvalue weighted by atomic mass is 9.77. The summed E-state index contributed by atoms with van der Waals surface area (Å²) in [6, 6.07) is 6.51. The summed E-state index contributed by atoms with van der Waals surface area (Å²) in [5, 5.41) is 2.71. The predicted octanol–water partition coefficient (Wildman–Crippen LogP) is 0.878. The topological polar surface area (TPSA) is 101 Å². The Morgan fingerprint density at radius 2 is 1.95 bits per heavy atom. The first-order chi connectivity index (χ1) is 8.78. The van der Waals surface area contributed by atoms with E-state index in [1.165, 1.54) is 0 Å². The Labute approximate surface area is 112 Å². The lowest BCUT2D eigenvalue weighted by molar-refractivity contribution is -0.123. The number of hydrogen-bond acceptors (Lipinski definition) is 4. The second kappa shape index (κ2) is 4.82. The Hall–Kier alpha value is -1.60. The quantitative estimate of drug-likeness (QED) is 0.763. The zero-order valence-electron chi connectivity index (χ0n) is 10.6. The maximum atomic E-state index is 11.9. The molecule has 104 valence electrons. The van der Waals surface area contributed by atoms with Crippen LogP contribution in [-0.2, 0) is 14.8 Å². The molecule has 0 spiro atoms. The monoisotopic (exact) mass is 283 g/mol. The third kappa shape index (κ3) is 3.45. The molecule has 19 heavy (non-hydrogen) atoms. The summed E-state index contributed by atoms with van der Waals surface area (Å²) < 4.78 is 24.6. The van der Waals surface area contributed by atoms with Gasteiger partial charge in [-0.25, -0.2) is 8.42 Å². The van der Waals surface area contributed by atoms with E-state index < -0.39 is 15.6 Å². The zero-order valence-corrected chi connectivity index (χ0v) is 11.5. The van der Waals surface area contributed by atoms with E-state index in [1.807, 2.05) is 0 Å². The molecule has 0 radical (unpaired) electrons. The van der Waals surface area contributed by atoms with Crippen molar-refractivity contribution < 1.29 is 13.2 Å². The van der Waals surface area contributed by atoms with Gasteiger partial charge in [0, 0.05) is 5.69 Å². The standard InChI is InChI=1S/C12H17N3O3S/c1-19(17,18)15-10-5-2-4-9(8-10)14-11(16)12(13)6-3-7-12/h2,4-5,8,15H,3,6-7,13H2,1H3,(H,14,16). The molecule has 0 unspecified atom stereocenters. The molecule has 6 nitrogen and oxygen atoms in total. The predicted molar refractivity (Wildman–Crippen MR) is 74.3 cm³/mol. The first kappa shape index (κ1) is 13.8. The van der Waals surface area contributed by atoms with Crippen LogP contribution in [0.4, 0.5) is 11.4 Å². The van der Waals surface area contributed by atoms with Crippen LogP contribution in [-0.4, -0.2) is 26.1 Å². The molecular formula is C12H17N3O3S. The molecular weight excluding hydrogens is 266 g/mol. The molecule has 1 aromatic rings. The van der Waals surface area contributed by atoms with Crippen molar-refractivity contribution >= 4 is 27.3 Å². The molecule has 0 aromatic heterocycles. The van der Waals surface area contributed by atoms with Gasteiger partial charge in [-0.3, -0.25) is 9.52 Å². The fraction of sp³-hybridized carbons (Fsp3) is 0.417. The molecule has 0 atom stereocenters. The van der Waals surface area contributed by atoms with E-state index in [4.69, 9.17) is 5.73 Å². The van der Waals surface area contributed by atoms with Crippen molar-refractivity contribution in [2.24, 2.45) is 5.73 Å².